The second kappa shape index (κ2) is 14.9. The fourth-order valence-electron chi connectivity index (χ4n) is 4.10. The van der Waals surface area contributed by atoms with Crippen LogP contribution < -0.4 is 0 Å². The SMILES string of the molecule is CC#Cc1cccc(C(=C(CCCC)C(=C=[N+]=[N-])CCCC)c2ccc(CCCC)cc2)c1. The molecule has 0 radical (unpaired) electrons. The van der Waals surface area contributed by atoms with Crippen LogP contribution in [-0.4, -0.2) is 10.7 Å². The number of benzene rings is 2. The van der Waals surface area contributed by atoms with E-state index in [2.05, 4.69) is 91.8 Å². The lowest BCUT2D eigenvalue weighted by molar-refractivity contribution is 0.00739. The lowest BCUT2D eigenvalue weighted by Gasteiger charge is -2.18. The summed E-state index contributed by atoms with van der Waals surface area (Å²) in [5.74, 6) is 9.16. The van der Waals surface area contributed by atoms with Crippen LogP contribution in [-0.2, 0) is 6.42 Å². The Morgan fingerprint density at radius 2 is 1.55 bits per heavy atom. The van der Waals surface area contributed by atoms with Crippen molar-refractivity contribution in [2.75, 3.05) is 0 Å². The second-order valence-corrected chi connectivity index (χ2v) is 8.51. The second-order valence-electron chi connectivity index (χ2n) is 8.51. The molecule has 0 N–H and O–H groups in total. The highest BCUT2D eigenvalue weighted by molar-refractivity contribution is 5.87. The van der Waals surface area contributed by atoms with Gasteiger partial charge in [-0.2, -0.15) is 0 Å². The zero-order chi connectivity index (χ0) is 23.9. The molecular weight excluding hydrogens is 400 g/mol. The first kappa shape index (κ1) is 26.2. The quantitative estimate of drug-likeness (QED) is 0.105. The van der Waals surface area contributed by atoms with E-state index in [1.165, 1.54) is 35.1 Å². The zero-order valence-electron chi connectivity index (χ0n) is 20.9. The number of aryl methyl sites for hydroxylation is 1. The van der Waals surface area contributed by atoms with E-state index in [-0.39, 0.29) is 0 Å². The van der Waals surface area contributed by atoms with Crippen LogP contribution >= 0.6 is 0 Å². The zero-order valence-corrected chi connectivity index (χ0v) is 20.9. The molecule has 0 aliphatic carbocycles. The van der Waals surface area contributed by atoms with Crippen molar-refractivity contribution in [2.45, 2.75) is 85.5 Å². The molecule has 0 aromatic heterocycles. The third-order valence-corrected chi connectivity index (χ3v) is 5.89. The summed E-state index contributed by atoms with van der Waals surface area (Å²) in [6.45, 7) is 8.50. The Bertz CT molecular complexity index is 1060. The lowest BCUT2D eigenvalue weighted by Crippen LogP contribution is -2.01. The smallest absolute Gasteiger partial charge is 0.303 e. The maximum Gasteiger partial charge on any atom is 0.303 e. The first-order valence-electron chi connectivity index (χ1n) is 12.5. The minimum Gasteiger partial charge on any atom is -0.348 e. The molecule has 0 spiro atoms. The van der Waals surface area contributed by atoms with Crippen LogP contribution in [0.5, 0.6) is 0 Å². The first-order valence-corrected chi connectivity index (χ1v) is 12.5. The van der Waals surface area contributed by atoms with Crippen LogP contribution in [0.25, 0.3) is 11.1 Å². The number of unbranched alkanes of at least 4 members (excludes halogenated alkanes) is 3. The number of allylic oxidation sites excluding steroid dienone is 2. The van der Waals surface area contributed by atoms with Crippen molar-refractivity contribution in [3.8, 4) is 11.8 Å². The molecule has 2 aromatic carbocycles. The number of hydrogen-bond donors (Lipinski definition) is 0. The van der Waals surface area contributed by atoms with Gasteiger partial charge in [-0.15, -0.1) is 10.7 Å². The van der Waals surface area contributed by atoms with Crippen molar-refractivity contribution in [1.29, 1.82) is 0 Å². The Morgan fingerprint density at radius 1 is 0.848 bits per heavy atom. The molecule has 0 unspecified atom stereocenters. The van der Waals surface area contributed by atoms with Gasteiger partial charge in [-0.1, -0.05) is 82.4 Å². The average molecular weight is 439 g/mol. The Kier molecular flexibility index (Phi) is 11.8. The van der Waals surface area contributed by atoms with E-state index in [4.69, 9.17) is 0 Å². The number of nitrogens with zero attached hydrogens (tertiary/aromatic N) is 2. The monoisotopic (exact) mass is 438 g/mol. The van der Waals surface area contributed by atoms with Gasteiger partial charge >= 0.3 is 5.87 Å². The summed E-state index contributed by atoms with van der Waals surface area (Å²) in [4.78, 5) is 3.34. The minimum absolute atomic E-state index is 0.853. The van der Waals surface area contributed by atoms with Gasteiger partial charge in [0, 0.05) is 5.56 Å². The molecule has 0 bridgehead atoms. The molecular formula is C31H38N2. The van der Waals surface area contributed by atoms with E-state index in [1.807, 2.05) is 6.92 Å². The van der Waals surface area contributed by atoms with Gasteiger partial charge in [0.1, 0.15) is 0 Å². The summed E-state index contributed by atoms with van der Waals surface area (Å²) in [5.41, 5.74) is 17.6. The fraction of sp³-hybridized carbons (Fsp3) is 0.419. The van der Waals surface area contributed by atoms with Crippen molar-refractivity contribution in [2.24, 2.45) is 0 Å². The molecule has 0 aliphatic heterocycles. The molecule has 0 fully saturated rings. The highest BCUT2D eigenvalue weighted by atomic mass is 14.8. The third kappa shape index (κ3) is 8.07. The summed E-state index contributed by atoms with van der Waals surface area (Å²) in [5, 5.41) is 0. The normalized spacial score (nSPS) is 11.0. The third-order valence-electron chi connectivity index (χ3n) is 5.89. The van der Waals surface area contributed by atoms with Crippen LogP contribution in [0.3, 0.4) is 0 Å². The molecule has 0 heterocycles. The van der Waals surface area contributed by atoms with Crippen molar-refractivity contribution in [3.63, 3.8) is 0 Å². The predicted octanol–water partition coefficient (Wildman–Crippen LogP) is 8.41. The topological polar surface area (TPSA) is 36.4 Å². The van der Waals surface area contributed by atoms with E-state index < -0.39 is 0 Å². The van der Waals surface area contributed by atoms with Gasteiger partial charge in [0.25, 0.3) is 0 Å². The summed E-state index contributed by atoms with van der Waals surface area (Å²) >= 11 is 0. The lowest BCUT2D eigenvalue weighted by atomic mass is 9.85. The number of hydrogen-bond acceptors (Lipinski definition) is 0. The molecule has 2 heteroatoms. The van der Waals surface area contributed by atoms with Gasteiger partial charge in [-0.3, -0.25) is 0 Å². The van der Waals surface area contributed by atoms with Crippen LogP contribution in [0, 0.1) is 11.8 Å². The average Bonchev–Trinajstić information content (AvgIpc) is 2.84. The van der Waals surface area contributed by atoms with E-state index in [1.54, 1.807) is 0 Å². The van der Waals surface area contributed by atoms with E-state index in [0.29, 0.717) is 0 Å². The van der Waals surface area contributed by atoms with Gasteiger partial charge in [-0.05, 0) is 85.4 Å². The van der Waals surface area contributed by atoms with Crippen LogP contribution in [0.2, 0.25) is 0 Å². The highest BCUT2D eigenvalue weighted by Crippen LogP contribution is 2.35. The van der Waals surface area contributed by atoms with Crippen molar-refractivity contribution >= 4 is 11.4 Å². The van der Waals surface area contributed by atoms with Gasteiger partial charge in [0.15, 0.2) is 0 Å². The molecule has 2 rings (SSSR count). The highest BCUT2D eigenvalue weighted by Gasteiger charge is 2.18. The Morgan fingerprint density at radius 3 is 2.18 bits per heavy atom. The van der Waals surface area contributed by atoms with Crippen molar-refractivity contribution < 1.29 is 4.79 Å². The van der Waals surface area contributed by atoms with Gasteiger partial charge in [0.2, 0.25) is 0 Å². The molecule has 2 nitrogen and oxygen atoms in total. The maximum atomic E-state index is 9.42. The Hall–Kier alpha value is -3.10. The largest absolute Gasteiger partial charge is 0.348 e. The van der Waals surface area contributed by atoms with E-state index >= 15 is 0 Å². The van der Waals surface area contributed by atoms with Gasteiger partial charge in [-0.25, -0.2) is 0 Å². The van der Waals surface area contributed by atoms with Crippen LogP contribution in [0.4, 0.5) is 0 Å². The summed E-state index contributed by atoms with van der Waals surface area (Å²) < 4.78 is 0. The van der Waals surface area contributed by atoms with Crippen LogP contribution in [0.15, 0.2) is 59.7 Å². The van der Waals surface area contributed by atoms with Gasteiger partial charge in [0.05, 0.1) is 5.57 Å². The first-order chi connectivity index (χ1) is 16.2. The van der Waals surface area contributed by atoms with E-state index in [9.17, 15) is 5.53 Å². The molecule has 0 atom stereocenters. The fourth-order valence-corrected chi connectivity index (χ4v) is 4.10. The van der Waals surface area contributed by atoms with Gasteiger partial charge < -0.3 is 5.53 Å². The van der Waals surface area contributed by atoms with Crippen molar-refractivity contribution in [1.82, 2.24) is 0 Å². The molecule has 0 saturated heterocycles. The Labute approximate surface area is 201 Å². The summed E-state index contributed by atoms with van der Waals surface area (Å²) in [6.07, 6.45) is 9.60. The van der Waals surface area contributed by atoms with E-state index in [0.717, 1.165) is 61.6 Å². The summed E-state index contributed by atoms with van der Waals surface area (Å²) in [6, 6.07) is 17.5. The molecule has 172 valence electrons. The standard InChI is InChI=1S/C31H38N2/c1-5-9-14-25-19-21-27(22-20-25)31(28-17-12-15-26(23-28)13-8-4)30(18-11-7-3)29(24-33-32)16-10-6-2/h12,15,17,19-23H,5-7,9-11,14,16,18H2,1-4H3. The predicted molar refractivity (Wildman–Crippen MR) is 141 cm³/mol. The summed E-state index contributed by atoms with van der Waals surface area (Å²) in [7, 11) is 0. The molecule has 0 saturated carbocycles. The van der Waals surface area contributed by atoms with Crippen LogP contribution in [0.1, 0.15) is 101 Å². The number of rotatable bonds is 12. The molecule has 0 amide bonds. The van der Waals surface area contributed by atoms with Crippen molar-refractivity contribution in [3.05, 3.63) is 87.5 Å². The minimum atomic E-state index is 0.853. The molecule has 33 heavy (non-hydrogen) atoms. The molecule has 2 aromatic rings. The molecule has 0 aliphatic rings. The Balaban J connectivity index is 2.78. The maximum absolute atomic E-state index is 9.42.